The Balaban J connectivity index is 2.07. The number of rotatable bonds is 5. The first kappa shape index (κ1) is 14.5. The van der Waals surface area contributed by atoms with Crippen molar-refractivity contribution < 1.29 is 4.74 Å². The molecule has 3 heteroatoms. The molecular formula is C17H22N2O. The van der Waals surface area contributed by atoms with Gasteiger partial charge in [0.25, 0.3) is 0 Å². The van der Waals surface area contributed by atoms with Crippen LogP contribution in [0.1, 0.15) is 42.1 Å². The highest BCUT2D eigenvalue weighted by molar-refractivity contribution is 5.37. The number of nitrogens with two attached hydrogens (primary N) is 1. The van der Waals surface area contributed by atoms with Crippen LogP contribution in [-0.4, -0.2) is 4.98 Å². The minimum Gasteiger partial charge on any atom is -0.487 e. The third-order valence-electron chi connectivity index (χ3n) is 3.38. The average molecular weight is 270 g/mol. The van der Waals surface area contributed by atoms with E-state index in [0.717, 1.165) is 22.6 Å². The maximum Gasteiger partial charge on any atom is 0.130 e. The van der Waals surface area contributed by atoms with Crippen LogP contribution in [-0.2, 0) is 13.2 Å². The monoisotopic (exact) mass is 270 g/mol. The molecule has 3 nitrogen and oxygen atoms in total. The van der Waals surface area contributed by atoms with Gasteiger partial charge in [0.2, 0.25) is 0 Å². The molecule has 0 spiro atoms. The van der Waals surface area contributed by atoms with Crippen molar-refractivity contribution in [1.29, 1.82) is 0 Å². The molecule has 2 rings (SSSR count). The molecule has 2 aromatic rings. The van der Waals surface area contributed by atoms with Crippen molar-refractivity contribution in [3.05, 3.63) is 58.9 Å². The fourth-order valence-electron chi connectivity index (χ4n) is 1.94. The van der Waals surface area contributed by atoms with Crippen LogP contribution >= 0.6 is 0 Å². The molecule has 1 heterocycles. The van der Waals surface area contributed by atoms with Crippen molar-refractivity contribution in [2.75, 3.05) is 0 Å². The lowest BCUT2D eigenvalue weighted by molar-refractivity contribution is 0.299. The van der Waals surface area contributed by atoms with Crippen LogP contribution in [0.15, 0.2) is 36.5 Å². The molecule has 106 valence electrons. The maximum absolute atomic E-state index is 5.89. The highest BCUT2D eigenvalue weighted by Gasteiger charge is 2.05. The van der Waals surface area contributed by atoms with Crippen molar-refractivity contribution >= 4 is 0 Å². The van der Waals surface area contributed by atoms with Crippen LogP contribution in [0.3, 0.4) is 0 Å². The number of hydrogen-bond acceptors (Lipinski definition) is 3. The standard InChI is InChI=1S/C17H22N2O/c1-12(2)15-6-4-13(3)17(8-15)20-11-16-7-5-14(9-18)10-19-16/h4-8,10,12H,9,11,18H2,1-3H3. The van der Waals surface area contributed by atoms with E-state index in [4.69, 9.17) is 10.5 Å². The third kappa shape index (κ3) is 3.58. The van der Waals surface area contributed by atoms with Crippen LogP contribution in [0.25, 0.3) is 0 Å². The summed E-state index contributed by atoms with van der Waals surface area (Å²) in [5.41, 5.74) is 9.94. The lowest BCUT2D eigenvalue weighted by Gasteiger charge is -2.12. The number of ether oxygens (including phenoxy) is 1. The molecule has 1 aromatic carbocycles. The Morgan fingerprint density at radius 3 is 2.60 bits per heavy atom. The summed E-state index contributed by atoms with van der Waals surface area (Å²) in [6.07, 6.45) is 1.80. The van der Waals surface area contributed by atoms with E-state index in [9.17, 15) is 0 Å². The molecule has 0 aliphatic carbocycles. The first-order chi connectivity index (χ1) is 9.60. The topological polar surface area (TPSA) is 48.1 Å². The second-order valence-corrected chi connectivity index (χ2v) is 5.33. The van der Waals surface area contributed by atoms with Gasteiger partial charge in [-0.1, -0.05) is 32.0 Å². The van der Waals surface area contributed by atoms with Crippen LogP contribution in [0.5, 0.6) is 5.75 Å². The Labute approximate surface area is 120 Å². The van der Waals surface area contributed by atoms with E-state index >= 15 is 0 Å². The molecule has 0 saturated carbocycles. The molecule has 0 amide bonds. The van der Waals surface area contributed by atoms with Crippen molar-refractivity contribution in [2.24, 2.45) is 5.73 Å². The van der Waals surface area contributed by atoms with E-state index in [1.807, 2.05) is 12.1 Å². The fraction of sp³-hybridized carbons (Fsp3) is 0.353. The second kappa shape index (κ2) is 6.53. The molecule has 0 aliphatic heterocycles. The van der Waals surface area contributed by atoms with Crippen molar-refractivity contribution in [3.8, 4) is 5.75 Å². The minimum absolute atomic E-state index is 0.479. The van der Waals surface area contributed by atoms with Gasteiger partial charge in [-0.3, -0.25) is 4.98 Å². The fourth-order valence-corrected chi connectivity index (χ4v) is 1.94. The number of benzene rings is 1. The predicted molar refractivity (Wildman–Crippen MR) is 81.7 cm³/mol. The smallest absolute Gasteiger partial charge is 0.130 e. The van der Waals surface area contributed by atoms with Crippen molar-refractivity contribution in [2.45, 2.75) is 39.8 Å². The summed E-state index contributed by atoms with van der Waals surface area (Å²) in [6.45, 7) is 7.42. The van der Waals surface area contributed by atoms with Crippen molar-refractivity contribution in [1.82, 2.24) is 4.98 Å². The van der Waals surface area contributed by atoms with Gasteiger partial charge in [-0.05, 0) is 41.7 Å². The van der Waals surface area contributed by atoms with Crippen molar-refractivity contribution in [3.63, 3.8) is 0 Å². The molecule has 0 aliphatic rings. The summed E-state index contributed by atoms with van der Waals surface area (Å²) in [4.78, 5) is 4.35. The average Bonchev–Trinajstić information content (AvgIpc) is 2.46. The Kier molecular flexibility index (Phi) is 4.74. The lowest BCUT2D eigenvalue weighted by atomic mass is 10.0. The van der Waals surface area contributed by atoms with E-state index in [1.54, 1.807) is 6.20 Å². The zero-order valence-electron chi connectivity index (χ0n) is 12.4. The molecule has 20 heavy (non-hydrogen) atoms. The molecule has 2 N–H and O–H groups in total. The van der Waals surface area contributed by atoms with E-state index in [1.165, 1.54) is 5.56 Å². The largest absolute Gasteiger partial charge is 0.487 e. The highest BCUT2D eigenvalue weighted by Crippen LogP contribution is 2.24. The number of nitrogens with zero attached hydrogens (tertiary/aromatic N) is 1. The SMILES string of the molecule is Cc1ccc(C(C)C)cc1OCc1ccc(CN)cn1. The summed E-state index contributed by atoms with van der Waals surface area (Å²) in [7, 11) is 0. The molecule has 0 fully saturated rings. The molecule has 0 unspecified atom stereocenters. The third-order valence-corrected chi connectivity index (χ3v) is 3.38. The molecule has 0 bridgehead atoms. The zero-order valence-corrected chi connectivity index (χ0v) is 12.4. The van der Waals surface area contributed by atoms with Gasteiger partial charge < -0.3 is 10.5 Å². The molecule has 0 radical (unpaired) electrons. The first-order valence-electron chi connectivity index (χ1n) is 6.97. The van der Waals surface area contributed by atoms with Gasteiger partial charge in [0.05, 0.1) is 5.69 Å². The predicted octanol–water partition coefficient (Wildman–Crippen LogP) is 3.55. The molecule has 1 aromatic heterocycles. The second-order valence-electron chi connectivity index (χ2n) is 5.33. The summed E-state index contributed by atoms with van der Waals surface area (Å²) in [5.74, 6) is 1.43. The number of hydrogen-bond donors (Lipinski definition) is 1. The van der Waals surface area contributed by atoms with E-state index in [0.29, 0.717) is 19.1 Å². The molecule has 0 atom stereocenters. The van der Waals surface area contributed by atoms with E-state index in [-0.39, 0.29) is 0 Å². The van der Waals surface area contributed by atoms with Gasteiger partial charge in [-0.25, -0.2) is 0 Å². The van der Waals surface area contributed by atoms with Gasteiger partial charge in [0.1, 0.15) is 12.4 Å². The number of pyridine rings is 1. The Morgan fingerprint density at radius 2 is 2.00 bits per heavy atom. The summed E-state index contributed by atoms with van der Waals surface area (Å²) >= 11 is 0. The normalized spacial score (nSPS) is 10.8. The van der Waals surface area contributed by atoms with Gasteiger partial charge in [0.15, 0.2) is 0 Å². The first-order valence-corrected chi connectivity index (χ1v) is 6.97. The van der Waals surface area contributed by atoms with Gasteiger partial charge >= 0.3 is 0 Å². The molecular weight excluding hydrogens is 248 g/mol. The highest BCUT2D eigenvalue weighted by atomic mass is 16.5. The van der Waals surface area contributed by atoms with Crippen LogP contribution in [0.2, 0.25) is 0 Å². The van der Waals surface area contributed by atoms with Crippen LogP contribution in [0.4, 0.5) is 0 Å². The van der Waals surface area contributed by atoms with Gasteiger partial charge in [-0.2, -0.15) is 0 Å². The lowest BCUT2D eigenvalue weighted by Crippen LogP contribution is -2.02. The Morgan fingerprint density at radius 1 is 1.20 bits per heavy atom. The summed E-state index contributed by atoms with van der Waals surface area (Å²) in [5, 5.41) is 0. The number of aromatic nitrogens is 1. The summed E-state index contributed by atoms with van der Waals surface area (Å²) < 4.78 is 5.89. The quantitative estimate of drug-likeness (QED) is 0.903. The van der Waals surface area contributed by atoms with E-state index in [2.05, 4.69) is 44.0 Å². The van der Waals surface area contributed by atoms with Gasteiger partial charge in [-0.15, -0.1) is 0 Å². The number of aryl methyl sites for hydroxylation is 1. The van der Waals surface area contributed by atoms with Gasteiger partial charge in [0, 0.05) is 12.7 Å². The van der Waals surface area contributed by atoms with E-state index < -0.39 is 0 Å². The Hall–Kier alpha value is -1.87. The zero-order chi connectivity index (χ0) is 14.5. The van der Waals surface area contributed by atoms with Crippen LogP contribution < -0.4 is 10.5 Å². The Bertz CT molecular complexity index is 562. The summed E-state index contributed by atoms with van der Waals surface area (Å²) in [6, 6.07) is 10.3. The van der Waals surface area contributed by atoms with Crippen LogP contribution in [0, 0.1) is 6.92 Å². The molecule has 0 saturated heterocycles. The minimum atomic E-state index is 0.479. The maximum atomic E-state index is 5.89.